The van der Waals surface area contributed by atoms with Crippen molar-refractivity contribution in [3.8, 4) is 5.75 Å². The lowest BCUT2D eigenvalue weighted by Gasteiger charge is -2.36. The van der Waals surface area contributed by atoms with E-state index in [-0.39, 0.29) is 24.6 Å². The molecule has 0 bridgehead atoms. The number of para-hydroxylation sites is 2. The summed E-state index contributed by atoms with van der Waals surface area (Å²) >= 11 is 0. The van der Waals surface area contributed by atoms with Crippen molar-refractivity contribution >= 4 is 34.7 Å². The molecule has 1 heterocycles. The highest BCUT2D eigenvalue weighted by molar-refractivity contribution is 5.92. The van der Waals surface area contributed by atoms with Crippen molar-refractivity contribution in [3.63, 3.8) is 0 Å². The standard InChI is InChI=1S/C29H33N5O6/c1-2-39-27-12-4-3-11-26(27)31-29(36)40-18-17-32-13-15-33(16-14-32)24-9-6-8-23(21-24)30-28(35)20-22-7-5-10-25(19-22)34(37)38/h3-12,19,21H,2,13-18,20H2,1H3,(H,30,35)(H,31,36). The van der Waals surface area contributed by atoms with Crippen LogP contribution in [0.3, 0.4) is 0 Å². The summed E-state index contributed by atoms with van der Waals surface area (Å²) in [5.74, 6) is 0.358. The molecule has 1 aliphatic rings. The summed E-state index contributed by atoms with van der Waals surface area (Å²) in [5.41, 5.74) is 2.78. The van der Waals surface area contributed by atoms with Gasteiger partial charge in [-0.05, 0) is 42.8 Å². The minimum absolute atomic E-state index is 0.0374. The summed E-state index contributed by atoms with van der Waals surface area (Å²) in [5, 5.41) is 16.6. The van der Waals surface area contributed by atoms with E-state index < -0.39 is 11.0 Å². The summed E-state index contributed by atoms with van der Waals surface area (Å²) in [7, 11) is 0. The highest BCUT2D eigenvalue weighted by Crippen LogP contribution is 2.24. The van der Waals surface area contributed by atoms with E-state index in [0.717, 1.165) is 31.9 Å². The maximum atomic E-state index is 12.5. The Balaban J connectivity index is 1.20. The second-order valence-corrected chi connectivity index (χ2v) is 9.22. The highest BCUT2D eigenvalue weighted by atomic mass is 16.6. The number of piperazine rings is 1. The van der Waals surface area contributed by atoms with Gasteiger partial charge in [0.15, 0.2) is 0 Å². The molecule has 0 aliphatic carbocycles. The van der Waals surface area contributed by atoms with E-state index in [4.69, 9.17) is 9.47 Å². The minimum Gasteiger partial charge on any atom is -0.492 e. The first-order chi connectivity index (χ1) is 19.4. The maximum absolute atomic E-state index is 12.5. The van der Waals surface area contributed by atoms with Crippen molar-refractivity contribution in [2.75, 3.05) is 61.5 Å². The molecule has 210 valence electrons. The Hall–Kier alpha value is -4.64. The molecule has 0 aromatic heterocycles. The van der Waals surface area contributed by atoms with Gasteiger partial charge < -0.3 is 19.7 Å². The van der Waals surface area contributed by atoms with Crippen LogP contribution in [0.1, 0.15) is 12.5 Å². The number of ether oxygens (including phenoxy) is 2. The van der Waals surface area contributed by atoms with Crippen molar-refractivity contribution in [2.45, 2.75) is 13.3 Å². The van der Waals surface area contributed by atoms with Crippen LogP contribution in [0.5, 0.6) is 5.75 Å². The number of nitro benzene ring substituents is 1. The average molecular weight is 548 g/mol. The van der Waals surface area contributed by atoms with Crippen LogP contribution in [-0.2, 0) is 16.0 Å². The Morgan fingerprint density at radius 3 is 2.50 bits per heavy atom. The second-order valence-electron chi connectivity index (χ2n) is 9.22. The lowest BCUT2D eigenvalue weighted by molar-refractivity contribution is -0.384. The number of carbonyl (C=O) groups excluding carboxylic acids is 2. The molecule has 0 radical (unpaired) electrons. The molecule has 4 rings (SSSR count). The van der Waals surface area contributed by atoms with E-state index in [9.17, 15) is 19.7 Å². The van der Waals surface area contributed by atoms with E-state index in [1.165, 1.54) is 12.1 Å². The van der Waals surface area contributed by atoms with Crippen LogP contribution in [-0.4, -0.2) is 67.8 Å². The first-order valence-corrected chi connectivity index (χ1v) is 13.2. The van der Waals surface area contributed by atoms with Crippen LogP contribution >= 0.6 is 0 Å². The normalized spacial score (nSPS) is 13.4. The van der Waals surface area contributed by atoms with Gasteiger partial charge in [0.05, 0.1) is 23.6 Å². The molecule has 2 N–H and O–H groups in total. The Morgan fingerprint density at radius 2 is 1.73 bits per heavy atom. The molecule has 3 aromatic carbocycles. The third-order valence-corrected chi connectivity index (χ3v) is 6.42. The first kappa shape index (κ1) is 28.4. The summed E-state index contributed by atoms with van der Waals surface area (Å²) in [6.07, 6.45) is -0.473. The van der Waals surface area contributed by atoms with Crippen LogP contribution in [0.4, 0.5) is 27.5 Å². The number of benzene rings is 3. The van der Waals surface area contributed by atoms with E-state index in [1.54, 1.807) is 24.3 Å². The number of non-ortho nitro benzene ring substituents is 1. The lowest BCUT2D eigenvalue weighted by Crippen LogP contribution is -2.47. The summed E-state index contributed by atoms with van der Waals surface area (Å²) in [6.45, 7) is 6.48. The Morgan fingerprint density at radius 1 is 0.950 bits per heavy atom. The number of nitrogens with one attached hydrogen (secondary N) is 2. The number of carbonyl (C=O) groups is 2. The fraction of sp³-hybridized carbons (Fsp3) is 0.310. The SMILES string of the molecule is CCOc1ccccc1NC(=O)OCCN1CCN(c2cccc(NC(=O)Cc3cccc([N+](=O)[O-])c3)c2)CC1. The molecule has 40 heavy (non-hydrogen) atoms. The fourth-order valence-electron chi connectivity index (χ4n) is 4.45. The number of anilines is 3. The third-order valence-electron chi connectivity index (χ3n) is 6.42. The summed E-state index contributed by atoms with van der Waals surface area (Å²) < 4.78 is 10.9. The van der Waals surface area contributed by atoms with E-state index >= 15 is 0 Å². The molecule has 1 saturated heterocycles. The predicted octanol–water partition coefficient (Wildman–Crippen LogP) is 4.55. The Bertz CT molecular complexity index is 1330. The van der Waals surface area contributed by atoms with Crippen molar-refractivity contribution in [1.29, 1.82) is 0 Å². The molecule has 1 fully saturated rings. The number of nitrogens with zero attached hydrogens (tertiary/aromatic N) is 3. The van der Waals surface area contributed by atoms with Gasteiger partial charge >= 0.3 is 6.09 Å². The van der Waals surface area contributed by atoms with Gasteiger partial charge in [-0.15, -0.1) is 0 Å². The number of rotatable bonds is 11. The number of nitro groups is 1. The van der Waals surface area contributed by atoms with Crippen LogP contribution < -0.4 is 20.3 Å². The quantitative estimate of drug-likeness (QED) is 0.265. The zero-order valence-electron chi connectivity index (χ0n) is 22.4. The molecule has 1 aliphatic heterocycles. The molecule has 0 saturated carbocycles. The van der Waals surface area contributed by atoms with Gasteiger partial charge in [-0.2, -0.15) is 0 Å². The van der Waals surface area contributed by atoms with Gasteiger partial charge in [-0.25, -0.2) is 4.79 Å². The van der Waals surface area contributed by atoms with Gasteiger partial charge in [0.2, 0.25) is 5.91 Å². The smallest absolute Gasteiger partial charge is 0.411 e. The van der Waals surface area contributed by atoms with Gasteiger partial charge in [0, 0.05) is 56.2 Å². The van der Waals surface area contributed by atoms with Crippen LogP contribution in [0.2, 0.25) is 0 Å². The number of amides is 2. The molecule has 11 heteroatoms. The van der Waals surface area contributed by atoms with Crippen LogP contribution in [0, 0.1) is 10.1 Å². The largest absolute Gasteiger partial charge is 0.492 e. The monoisotopic (exact) mass is 547 g/mol. The van der Waals surface area contributed by atoms with Crippen LogP contribution in [0.15, 0.2) is 72.8 Å². The topological polar surface area (TPSA) is 126 Å². The minimum atomic E-state index is -0.518. The highest BCUT2D eigenvalue weighted by Gasteiger charge is 2.18. The average Bonchev–Trinajstić information content (AvgIpc) is 2.95. The molecule has 0 spiro atoms. The van der Waals surface area contributed by atoms with E-state index in [2.05, 4.69) is 20.4 Å². The summed E-state index contributed by atoms with van der Waals surface area (Å²) in [6, 6.07) is 20.9. The molecule has 3 aromatic rings. The molecule has 11 nitrogen and oxygen atoms in total. The summed E-state index contributed by atoms with van der Waals surface area (Å²) in [4.78, 5) is 39.8. The first-order valence-electron chi connectivity index (χ1n) is 13.2. The molecular weight excluding hydrogens is 514 g/mol. The molecule has 0 atom stereocenters. The van der Waals surface area contributed by atoms with Crippen LogP contribution in [0.25, 0.3) is 0 Å². The number of hydrogen-bond acceptors (Lipinski definition) is 8. The van der Waals surface area contributed by atoms with Crippen molar-refractivity contribution in [2.24, 2.45) is 0 Å². The second kappa shape index (κ2) is 13.9. The molecular formula is C29H33N5O6. The van der Waals surface area contributed by atoms with Crippen molar-refractivity contribution in [3.05, 3.63) is 88.5 Å². The zero-order chi connectivity index (χ0) is 28.3. The van der Waals surface area contributed by atoms with Gasteiger partial charge in [0.1, 0.15) is 12.4 Å². The van der Waals surface area contributed by atoms with E-state index in [0.29, 0.717) is 35.8 Å². The number of hydrogen-bond donors (Lipinski definition) is 2. The molecule has 0 unspecified atom stereocenters. The Kier molecular flexibility index (Phi) is 9.89. The molecule has 2 amide bonds. The van der Waals surface area contributed by atoms with Gasteiger partial charge in [-0.3, -0.25) is 25.1 Å². The van der Waals surface area contributed by atoms with Gasteiger partial charge in [-0.1, -0.05) is 30.3 Å². The lowest BCUT2D eigenvalue weighted by atomic mass is 10.1. The Labute approximate surface area is 232 Å². The predicted molar refractivity (Wildman–Crippen MR) is 153 cm³/mol. The third kappa shape index (κ3) is 8.18. The van der Waals surface area contributed by atoms with Gasteiger partial charge in [0.25, 0.3) is 5.69 Å². The maximum Gasteiger partial charge on any atom is 0.411 e. The van der Waals surface area contributed by atoms with E-state index in [1.807, 2.05) is 43.3 Å². The van der Waals surface area contributed by atoms with Crippen molar-refractivity contribution in [1.82, 2.24) is 4.90 Å². The fourth-order valence-corrected chi connectivity index (χ4v) is 4.45. The zero-order valence-corrected chi connectivity index (χ0v) is 22.4. The van der Waals surface area contributed by atoms with Crippen molar-refractivity contribution < 1.29 is 24.0 Å².